The van der Waals surface area contributed by atoms with Crippen LogP contribution in [0.15, 0.2) is 0 Å². The lowest BCUT2D eigenvalue weighted by molar-refractivity contribution is 0.291. The summed E-state index contributed by atoms with van der Waals surface area (Å²) in [4.78, 5) is 0. The van der Waals surface area contributed by atoms with Crippen LogP contribution in [0.4, 0.5) is 0 Å². The molecule has 0 radical (unpaired) electrons. The maximum atomic E-state index is 3.56. The summed E-state index contributed by atoms with van der Waals surface area (Å²) in [7, 11) is 0. The van der Waals surface area contributed by atoms with Crippen LogP contribution in [0.3, 0.4) is 0 Å². The van der Waals surface area contributed by atoms with Gasteiger partial charge in [-0.1, -0.05) is 26.7 Å². The summed E-state index contributed by atoms with van der Waals surface area (Å²) in [5.41, 5.74) is 0. The normalized spacial score (nSPS) is 30.5. The third-order valence-corrected chi connectivity index (χ3v) is 2.70. The highest BCUT2D eigenvalue weighted by molar-refractivity contribution is 4.85. The van der Waals surface area contributed by atoms with Crippen LogP contribution in [-0.2, 0) is 0 Å². The van der Waals surface area contributed by atoms with Crippen molar-refractivity contribution in [2.75, 3.05) is 13.1 Å². The highest BCUT2D eigenvalue weighted by Crippen LogP contribution is 2.18. The summed E-state index contributed by atoms with van der Waals surface area (Å²) in [5.74, 6) is 0. The molecule has 0 amide bonds. The molecule has 1 aliphatic rings. The van der Waals surface area contributed by atoms with E-state index >= 15 is 0 Å². The van der Waals surface area contributed by atoms with Crippen LogP contribution in [0.1, 0.15) is 39.5 Å². The van der Waals surface area contributed by atoms with Gasteiger partial charge in [0.25, 0.3) is 0 Å². The van der Waals surface area contributed by atoms with Gasteiger partial charge in [0, 0.05) is 12.1 Å². The Labute approximate surface area is 76.1 Å². The molecule has 2 atom stereocenters. The zero-order chi connectivity index (χ0) is 8.81. The SMILES string of the molecule is CCN[C@H]1CCCC[C@H]1NCC. The van der Waals surface area contributed by atoms with Gasteiger partial charge in [-0.3, -0.25) is 0 Å². The first-order valence-electron chi connectivity index (χ1n) is 5.35. The van der Waals surface area contributed by atoms with E-state index in [1.807, 2.05) is 0 Å². The molecule has 1 aliphatic carbocycles. The van der Waals surface area contributed by atoms with Crippen molar-refractivity contribution in [3.63, 3.8) is 0 Å². The van der Waals surface area contributed by atoms with Crippen molar-refractivity contribution in [3.05, 3.63) is 0 Å². The maximum Gasteiger partial charge on any atom is 0.0221 e. The Hall–Kier alpha value is -0.0800. The first-order chi connectivity index (χ1) is 5.88. The molecule has 0 unspecified atom stereocenters. The molecule has 0 aliphatic heterocycles. The second kappa shape index (κ2) is 5.55. The largest absolute Gasteiger partial charge is 0.313 e. The van der Waals surface area contributed by atoms with Crippen LogP contribution in [0, 0.1) is 0 Å². The highest BCUT2D eigenvalue weighted by Gasteiger charge is 2.22. The number of rotatable bonds is 4. The van der Waals surface area contributed by atoms with E-state index in [0.717, 1.165) is 25.2 Å². The van der Waals surface area contributed by atoms with Crippen LogP contribution in [0.5, 0.6) is 0 Å². The topological polar surface area (TPSA) is 24.1 Å². The molecule has 0 saturated heterocycles. The second-order valence-electron chi connectivity index (χ2n) is 3.61. The van der Waals surface area contributed by atoms with Gasteiger partial charge in [0.15, 0.2) is 0 Å². The third kappa shape index (κ3) is 2.76. The fourth-order valence-corrected chi connectivity index (χ4v) is 2.14. The van der Waals surface area contributed by atoms with E-state index in [1.54, 1.807) is 0 Å². The Balaban J connectivity index is 2.31. The molecular weight excluding hydrogens is 148 g/mol. The number of hydrogen-bond acceptors (Lipinski definition) is 2. The molecule has 0 aromatic rings. The Bertz CT molecular complexity index is 96.4. The van der Waals surface area contributed by atoms with Crippen LogP contribution in [0.2, 0.25) is 0 Å². The summed E-state index contributed by atoms with van der Waals surface area (Å²) in [6, 6.07) is 1.45. The van der Waals surface area contributed by atoms with E-state index in [4.69, 9.17) is 0 Å². The van der Waals surface area contributed by atoms with Crippen molar-refractivity contribution >= 4 is 0 Å². The van der Waals surface area contributed by atoms with Crippen molar-refractivity contribution in [1.29, 1.82) is 0 Å². The smallest absolute Gasteiger partial charge is 0.0221 e. The first kappa shape index (κ1) is 10.0. The second-order valence-corrected chi connectivity index (χ2v) is 3.61. The summed E-state index contributed by atoms with van der Waals surface area (Å²) in [5, 5.41) is 7.11. The molecule has 0 heterocycles. The van der Waals surface area contributed by atoms with Gasteiger partial charge in [-0.15, -0.1) is 0 Å². The lowest BCUT2D eigenvalue weighted by Gasteiger charge is -2.32. The quantitative estimate of drug-likeness (QED) is 0.668. The Kier molecular flexibility index (Phi) is 4.62. The van der Waals surface area contributed by atoms with Crippen molar-refractivity contribution in [2.24, 2.45) is 0 Å². The fraction of sp³-hybridized carbons (Fsp3) is 1.00. The molecule has 1 saturated carbocycles. The fourth-order valence-electron chi connectivity index (χ4n) is 2.14. The van der Waals surface area contributed by atoms with Crippen molar-refractivity contribution in [2.45, 2.75) is 51.6 Å². The van der Waals surface area contributed by atoms with Gasteiger partial charge in [-0.05, 0) is 25.9 Å². The zero-order valence-electron chi connectivity index (χ0n) is 8.40. The van der Waals surface area contributed by atoms with E-state index < -0.39 is 0 Å². The monoisotopic (exact) mass is 170 g/mol. The lowest BCUT2D eigenvalue weighted by Crippen LogP contribution is -2.49. The van der Waals surface area contributed by atoms with Crippen LogP contribution < -0.4 is 10.6 Å². The van der Waals surface area contributed by atoms with Gasteiger partial charge in [0.2, 0.25) is 0 Å². The number of nitrogens with one attached hydrogen (secondary N) is 2. The van der Waals surface area contributed by atoms with E-state index in [9.17, 15) is 0 Å². The third-order valence-electron chi connectivity index (χ3n) is 2.70. The minimum absolute atomic E-state index is 0.726. The van der Waals surface area contributed by atoms with Crippen LogP contribution in [-0.4, -0.2) is 25.2 Å². The molecule has 12 heavy (non-hydrogen) atoms. The van der Waals surface area contributed by atoms with Gasteiger partial charge in [0.05, 0.1) is 0 Å². The van der Waals surface area contributed by atoms with E-state index in [1.165, 1.54) is 25.7 Å². The van der Waals surface area contributed by atoms with E-state index in [0.29, 0.717) is 0 Å². The average molecular weight is 170 g/mol. The van der Waals surface area contributed by atoms with Crippen LogP contribution in [0.25, 0.3) is 0 Å². The summed E-state index contributed by atoms with van der Waals surface area (Å²) in [6.07, 6.45) is 5.51. The lowest BCUT2D eigenvalue weighted by atomic mass is 9.90. The molecule has 2 nitrogen and oxygen atoms in total. The van der Waals surface area contributed by atoms with Gasteiger partial charge in [-0.25, -0.2) is 0 Å². The molecule has 1 rings (SSSR count). The molecule has 0 bridgehead atoms. The Morgan fingerprint density at radius 2 is 1.33 bits per heavy atom. The van der Waals surface area contributed by atoms with Gasteiger partial charge in [-0.2, -0.15) is 0 Å². The standard InChI is InChI=1S/C10H22N2/c1-3-11-9-7-5-6-8-10(9)12-4-2/h9-12H,3-8H2,1-2H3/t9-,10+. The molecule has 72 valence electrons. The summed E-state index contributed by atoms with van der Waals surface area (Å²) >= 11 is 0. The number of likely N-dealkylation sites (N-methyl/N-ethyl adjacent to an activating group) is 2. The minimum atomic E-state index is 0.726. The van der Waals surface area contributed by atoms with Crippen LogP contribution >= 0.6 is 0 Å². The van der Waals surface area contributed by atoms with Crippen molar-refractivity contribution in [1.82, 2.24) is 10.6 Å². The molecule has 0 aromatic carbocycles. The van der Waals surface area contributed by atoms with E-state index in [-0.39, 0.29) is 0 Å². The maximum absolute atomic E-state index is 3.56. The van der Waals surface area contributed by atoms with Crippen molar-refractivity contribution in [3.8, 4) is 0 Å². The molecule has 0 aromatic heterocycles. The van der Waals surface area contributed by atoms with E-state index in [2.05, 4.69) is 24.5 Å². The molecular formula is C10H22N2. The molecule has 2 heteroatoms. The highest BCUT2D eigenvalue weighted by atomic mass is 15.0. The molecule has 1 fully saturated rings. The summed E-state index contributed by atoms with van der Waals surface area (Å²) < 4.78 is 0. The Morgan fingerprint density at radius 3 is 1.67 bits per heavy atom. The minimum Gasteiger partial charge on any atom is -0.313 e. The first-order valence-corrected chi connectivity index (χ1v) is 5.35. The predicted molar refractivity (Wildman–Crippen MR) is 53.4 cm³/mol. The zero-order valence-corrected chi connectivity index (χ0v) is 8.40. The van der Waals surface area contributed by atoms with Crippen molar-refractivity contribution < 1.29 is 0 Å². The Morgan fingerprint density at radius 1 is 0.917 bits per heavy atom. The van der Waals surface area contributed by atoms with Gasteiger partial charge < -0.3 is 10.6 Å². The summed E-state index contributed by atoms with van der Waals surface area (Å²) in [6.45, 7) is 6.59. The number of hydrogen-bond donors (Lipinski definition) is 2. The molecule has 2 N–H and O–H groups in total. The van der Waals surface area contributed by atoms with Gasteiger partial charge in [0.1, 0.15) is 0 Å². The predicted octanol–water partition coefficient (Wildman–Crippen LogP) is 1.52. The molecule has 0 spiro atoms. The average Bonchev–Trinajstić information content (AvgIpc) is 2.09. The van der Waals surface area contributed by atoms with Gasteiger partial charge >= 0.3 is 0 Å².